The van der Waals surface area contributed by atoms with Crippen LogP contribution in [0.4, 0.5) is 4.39 Å². The first-order chi connectivity index (χ1) is 8.76. The van der Waals surface area contributed by atoms with Gasteiger partial charge in [-0.1, -0.05) is 30.3 Å². The zero-order chi connectivity index (χ0) is 13.0. The van der Waals surface area contributed by atoms with Crippen LogP contribution < -0.4 is 5.73 Å². The van der Waals surface area contributed by atoms with Gasteiger partial charge in [-0.2, -0.15) is 0 Å². The molecule has 0 aromatic heterocycles. The Bertz CT molecular complexity index is 540. The van der Waals surface area contributed by atoms with Crippen molar-refractivity contribution in [3.63, 3.8) is 0 Å². The smallest absolute Gasteiger partial charge is 0.128 e. The zero-order valence-corrected chi connectivity index (χ0v) is 10.1. The molecule has 0 atom stereocenters. The van der Waals surface area contributed by atoms with E-state index in [-0.39, 0.29) is 12.4 Å². The second-order valence-electron chi connectivity index (χ2n) is 4.16. The summed E-state index contributed by atoms with van der Waals surface area (Å²) in [6.07, 6.45) is 0.780. The summed E-state index contributed by atoms with van der Waals surface area (Å²) in [7, 11) is 0. The van der Waals surface area contributed by atoms with Gasteiger partial charge in [0.2, 0.25) is 0 Å². The Hall–Kier alpha value is -1.71. The third kappa shape index (κ3) is 2.58. The van der Waals surface area contributed by atoms with Gasteiger partial charge in [-0.25, -0.2) is 4.39 Å². The zero-order valence-electron chi connectivity index (χ0n) is 10.1. The van der Waals surface area contributed by atoms with E-state index in [0.29, 0.717) is 12.1 Å². The maximum Gasteiger partial charge on any atom is 0.128 e. The highest BCUT2D eigenvalue weighted by Gasteiger charge is 2.07. The Morgan fingerprint density at radius 3 is 2.56 bits per heavy atom. The van der Waals surface area contributed by atoms with Crippen molar-refractivity contribution in [2.45, 2.75) is 13.0 Å². The van der Waals surface area contributed by atoms with Crippen LogP contribution in [-0.4, -0.2) is 11.7 Å². The lowest BCUT2D eigenvalue weighted by Crippen LogP contribution is -2.04. The standard InChI is InChI=1S/C15H16FNO/c16-15-6-5-12(9-13(15)10-18)14-4-2-1-3-11(14)7-8-17/h1-6,9,18H,7-8,10,17H2. The SMILES string of the molecule is NCCc1ccccc1-c1ccc(F)c(CO)c1. The van der Waals surface area contributed by atoms with Crippen LogP contribution in [0.3, 0.4) is 0 Å². The van der Waals surface area contributed by atoms with Crippen molar-refractivity contribution in [1.29, 1.82) is 0 Å². The van der Waals surface area contributed by atoms with Crippen LogP contribution in [0.15, 0.2) is 42.5 Å². The lowest BCUT2D eigenvalue weighted by molar-refractivity contribution is 0.276. The number of aliphatic hydroxyl groups is 1. The third-order valence-corrected chi connectivity index (χ3v) is 2.96. The highest BCUT2D eigenvalue weighted by Crippen LogP contribution is 2.26. The first-order valence-corrected chi connectivity index (χ1v) is 5.94. The quantitative estimate of drug-likeness (QED) is 0.869. The summed E-state index contributed by atoms with van der Waals surface area (Å²) in [6.45, 7) is 0.282. The fourth-order valence-electron chi connectivity index (χ4n) is 2.04. The highest BCUT2D eigenvalue weighted by atomic mass is 19.1. The minimum absolute atomic E-state index is 0.293. The molecule has 0 aliphatic rings. The van der Waals surface area contributed by atoms with E-state index in [0.717, 1.165) is 23.1 Å². The van der Waals surface area contributed by atoms with Crippen molar-refractivity contribution < 1.29 is 9.50 Å². The molecule has 94 valence electrons. The van der Waals surface area contributed by atoms with Crippen molar-refractivity contribution >= 4 is 0 Å². The Labute approximate surface area is 106 Å². The highest BCUT2D eigenvalue weighted by molar-refractivity contribution is 5.68. The Morgan fingerprint density at radius 2 is 1.83 bits per heavy atom. The second kappa shape index (κ2) is 5.76. The molecule has 18 heavy (non-hydrogen) atoms. The molecule has 0 saturated heterocycles. The molecule has 0 bridgehead atoms. The lowest BCUT2D eigenvalue weighted by atomic mass is 9.96. The van der Waals surface area contributed by atoms with Gasteiger partial charge in [-0.05, 0) is 41.8 Å². The summed E-state index contributed by atoms with van der Waals surface area (Å²) >= 11 is 0. The fraction of sp³-hybridized carbons (Fsp3) is 0.200. The maximum atomic E-state index is 13.4. The second-order valence-corrected chi connectivity index (χ2v) is 4.16. The largest absolute Gasteiger partial charge is 0.392 e. The van der Waals surface area contributed by atoms with E-state index >= 15 is 0 Å². The molecule has 0 aliphatic heterocycles. The number of nitrogens with two attached hydrogens (primary N) is 1. The van der Waals surface area contributed by atoms with Crippen molar-refractivity contribution in [3.05, 3.63) is 59.4 Å². The number of aliphatic hydroxyl groups excluding tert-OH is 1. The first kappa shape index (κ1) is 12.7. The number of halogens is 1. The monoisotopic (exact) mass is 245 g/mol. The fourth-order valence-corrected chi connectivity index (χ4v) is 2.04. The predicted octanol–water partition coefficient (Wildman–Crippen LogP) is 2.49. The molecule has 2 aromatic carbocycles. The lowest BCUT2D eigenvalue weighted by Gasteiger charge is -2.10. The molecular weight excluding hydrogens is 229 g/mol. The molecule has 2 rings (SSSR count). The summed E-state index contributed by atoms with van der Waals surface area (Å²) in [4.78, 5) is 0. The van der Waals surface area contributed by atoms with E-state index in [1.807, 2.05) is 24.3 Å². The van der Waals surface area contributed by atoms with Crippen LogP contribution in [0.5, 0.6) is 0 Å². The maximum absolute atomic E-state index is 13.4. The number of rotatable bonds is 4. The molecule has 3 N–H and O–H groups in total. The normalized spacial score (nSPS) is 10.6. The molecule has 0 amide bonds. The van der Waals surface area contributed by atoms with Crippen molar-refractivity contribution in [2.75, 3.05) is 6.54 Å². The first-order valence-electron chi connectivity index (χ1n) is 5.94. The van der Waals surface area contributed by atoms with Crippen molar-refractivity contribution in [2.24, 2.45) is 5.73 Å². The number of benzene rings is 2. The Kier molecular flexibility index (Phi) is 4.07. The number of hydrogen-bond donors (Lipinski definition) is 2. The van der Waals surface area contributed by atoms with Crippen molar-refractivity contribution in [1.82, 2.24) is 0 Å². The molecular formula is C15H16FNO. The van der Waals surface area contributed by atoms with Gasteiger partial charge in [-0.15, -0.1) is 0 Å². The van der Waals surface area contributed by atoms with Gasteiger partial charge in [0.15, 0.2) is 0 Å². The summed E-state index contributed by atoms with van der Waals surface area (Å²) < 4.78 is 13.4. The van der Waals surface area contributed by atoms with Gasteiger partial charge in [0, 0.05) is 5.56 Å². The van der Waals surface area contributed by atoms with Gasteiger partial charge < -0.3 is 10.8 Å². The average Bonchev–Trinajstić information content (AvgIpc) is 2.40. The van der Waals surface area contributed by atoms with Gasteiger partial charge in [0.25, 0.3) is 0 Å². The van der Waals surface area contributed by atoms with Crippen LogP contribution in [0.2, 0.25) is 0 Å². The van der Waals surface area contributed by atoms with Gasteiger partial charge >= 0.3 is 0 Å². The van der Waals surface area contributed by atoms with Gasteiger partial charge in [0.05, 0.1) is 6.61 Å². The molecule has 0 heterocycles. The third-order valence-electron chi connectivity index (χ3n) is 2.96. The molecule has 3 heteroatoms. The summed E-state index contributed by atoms with van der Waals surface area (Å²) in [5.41, 5.74) is 8.98. The summed E-state index contributed by atoms with van der Waals surface area (Å²) in [5.74, 6) is -0.377. The van der Waals surface area contributed by atoms with Crippen LogP contribution in [-0.2, 0) is 13.0 Å². The average molecular weight is 245 g/mol. The van der Waals surface area contributed by atoms with Gasteiger partial charge in [0.1, 0.15) is 5.82 Å². The topological polar surface area (TPSA) is 46.2 Å². The molecule has 0 spiro atoms. The van der Waals surface area contributed by atoms with E-state index in [1.54, 1.807) is 12.1 Å². The van der Waals surface area contributed by atoms with Crippen LogP contribution >= 0.6 is 0 Å². The van der Waals surface area contributed by atoms with E-state index in [2.05, 4.69) is 0 Å². The molecule has 0 saturated carbocycles. The predicted molar refractivity (Wildman–Crippen MR) is 70.5 cm³/mol. The minimum atomic E-state index is -0.377. The molecule has 2 nitrogen and oxygen atoms in total. The molecule has 0 radical (unpaired) electrons. The van der Waals surface area contributed by atoms with Crippen LogP contribution in [0, 0.1) is 5.82 Å². The summed E-state index contributed by atoms with van der Waals surface area (Å²) in [6, 6.07) is 12.7. The molecule has 0 unspecified atom stereocenters. The van der Waals surface area contributed by atoms with E-state index in [9.17, 15) is 4.39 Å². The van der Waals surface area contributed by atoms with Crippen LogP contribution in [0.1, 0.15) is 11.1 Å². The van der Waals surface area contributed by atoms with Crippen LogP contribution in [0.25, 0.3) is 11.1 Å². The van der Waals surface area contributed by atoms with E-state index < -0.39 is 0 Å². The van der Waals surface area contributed by atoms with Gasteiger partial charge in [-0.3, -0.25) is 0 Å². The number of hydrogen-bond acceptors (Lipinski definition) is 2. The molecule has 0 aliphatic carbocycles. The van der Waals surface area contributed by atoms with E-state index in [4.69, 9.17) is 10.8 Å². The molecule has 0 fully saturated rings. The van der Waals surface area contributed by atoms with E-state index in [1.165, 1.54) is 6.07 Å². The van der Waals surface area contributed by atoms with Crippen molar-refractivity contribution in [3.8, 4) is 11.1 Å². The molecule has 2 aromatic rings. The Balaban J connectivity index is 2.48. The summed E-state index contributed by atoms with van der Waals surface area (Å²) in [5, 5.41) is 9.10. The minimum Gasteiger partial charge on any atom is -0.392 e. The Morgan fingerprint density at radius 1 is 1.06 bits per heavy atom.